The predicted octanol–water partition coefficient (Wildman–Crippen LogP) is 4.24. The summed E-state index contributed by atoms with van der Waals surface area (Å²) in [6.07, 6.45) is 0. The molecule has 0 radical (unpaired) electrons. The lowest BCUT2D eigenvalue weighted by molar-refractivity contribution is 0.591. The first-order chi connectivity index (χ1) is 9.97. The smallest absolute Gasteiger partial charge is 0.185 e. The lowest BCUT2D eigenvalue weighted by atomic mass is 10.2. The Hall–Kier alpha value is -1.10. The molecule has 0 unspecified atom stereocenters. The van der Waals surface area contributed by atoms with Gasteiger partial charge in [-0.05, 0) is 18.6 Å². The minimum absolute atomic E-state index is 0.482. The topological polar surface area (TPSA) is 28.2 Å². The van der Waals surface area contributed by atoms with E-state index in [2.05, 4.69) is 49.1 Å². The van der Waals surface area contributed by atoms with Crippen molar-refractivity contribution in [3.05, 3.63) is 45.4 Å². The first-order valence-corrected chi connectivity index (χ1v) is 8.31. The quantitative estimate of drug-likeness (QED) is 0.861. The van der Waals surface area contributed by atoms with Crippen molar-refractivity contribution < 1.29 is 0 Å². The number of hydrogen-bond donors (Lipinski definition) is 1. The van der Waals surface area contributed by atoms with Crippen LogP contribution in [0.4, 0.5) is 5.13 Å². The molecule has 0 fully saturated rings. The molecule has 0 aliphatic carbocycles. The highest BCUT2D eigenvalue weighted by Gasteiger charge is 2.12. The molecule has 114 valence electrons. The molecule has 1 aromatic carbocycles. The zero-order valence-electron chi connectivity index (χ0n) is 13.0. The second-order valence-corrected chi connectivity index (χ2v) is 6.96. The highest BCUT2D eigenvalue weighted by molar-refractivity contribution is 7.15. The van der Waals surface area contributed by atoms with E-state index in [0.717, 1.165) is 34.5 Å². The van der Waals surface area contributed by atoms with Gasteiger partial charge in [0.1, 0.15) is 0 Å². The fraction of sp³-hybridized carbons (Fsp3) is 0.438. The Bertz CT molecular complexity index is 595. The van der Waals surface area contributed by atoms with Crippen molar-refractivity contribution in [1.29, 1.82) is 0 Å². The number of thiazole rings is 1. The summed E-state index contributed by atoms with van der Waals surface area (Å²) < 4.78 is 0. The summed E-state index contributed by atoms with van der Waals surface area (Å²) in [6, 6.07) is 8.43. The molecule has 0 spiro atoms. The number of rotatable bonds is 6. The molecule has 0 saturated heterocycles. The summed E-state index contributed by atoms with van der Waals surface area (Å²) in [5.41, 5.74) is 2.23. The largest absolute Gasteiger partial charge is 0.347 e. The van der Waals surface area contributed by atoms with E-state index in [1.165, 1.54) is 4.88 Å². The van der Waals surface area contributed by atoms with Crippen molar-refractivity contribution in [1.82, 2.24) is 10.3 Å². The monoisotopic (exact) mass is 323 g/mol. The summed E-state index contributed by atoms with van der Waals surface area (Å²) in [4.78, 5) is 8.12. The Morgan fingerprint density at radius 1 is 1.33 bits per heavy atom. The van der Waals surface area contributed by atoms with Gasteiger partial charge in [-0.25, -0.2) is 4.98 Å². The number of halogens is 1. The zero-order valence-corrected chi connectivity index (χ0v) is 14.6. The SMILES string of the molecule is Cc1nc(N(C)Cc2ccccc2Cl)sc1CNC(C)C. The van der Waals surface area contributed by atoms with Gasteiger partial charge in [0, 0.05) is 36.1 Å². The molecule has 21 heavy (non-hydrogen) atoms. The second kappa shape index (κ2) is 7.25. The standard InChI is InChI=1S/C16H22ClN3S/c1-11(2)18-9-15-12(3)19-16(21-15)20(4)10-13-7-5-6-8-14(13)17/h5-8,11,18H,9-10H2,1-4H3. The molecule has 0 amide bonds. The van der Waals surface area contributed by atoms with E-state index in [9.17, 15) is 0 Å². The van der Waals surface area contributed by atoms with E-state index in [0.29, 0.717) is 6.04 Å². The van der Waals surface area contributed by atoms with Crippen LogP contribution >= 0.6 is 22.9 Å². The van der Waals surface area contributed by atoms with Crippen LogP contribution in [0.15, 0.2) is 24.3 Å². The summed E-state index contributed by atoms with van der Waals surface area (Å²) >= 11 is 7.97. The number of nitrogens with zero attached hydrogens (tertiary/aromatic N) is 2. The van der Waals surface area contributed by atoms with Crippen molar-refractivity contribution in [2.24, 2.45) is 0 Å². The van der Waals surface area contributed by atoms with Crippen molar-refractivity contribution in [2.75, 3.05) is 11.9 Å². The van der Waals surface area contributed by atoms with E-state index < -0.39 is 0 Å². The predicted molar refractivity (Wildman–Crippen MR) is 92.4 cm³/mol. The fourth-order valence-electron chi connectivity index (χ4n) is 1.99. The average molecular weight is 324 g/mol. The van der Waals surface area contributed by atoms with Gasteiger partial charge < -0.3 is 10.2 Å². The molecular formula is C16H22ClN3S. The van der Waals surface area contributed by atoms with E-state index in [-0.39, 0.29) is 0 Å². The summed E-state index contributed by atoms with van der Waals surface area (Å²) in [7, 11) is 2.06. The minimum Gasteiger partial charge on any atom is -0.347 e. The van der Waals surface area contributed by atoms with Gasteiger partial charge in [-0.15, -0.1) is 11.3 Å². The first kappa shape index (κ1) is 16.3. The van der Waals surface area contributed by atoms with E-state index in [1.807, 2.05) is 18.2 Å². The van der Waals surface area contributed by atoms with Crippen LogP contribution in [0.2, 0.25) is 5.02 Å². The van der Waals surface area contributed by atoms with Gasteiger partial charge in [0.05, 0.1) is 5.69 Å². The molecular weight excluding hydrogens is 302 g/mol. The molecule has 0 saturated carbocycles. The van der Waals surface area contributed by atoms with Gasteiger partial charge in [-0.2, -0.15) is 0 Å². The van der Waals surface area contributed by atoms with Crippen molar-refractivity contribution in [3.63, 3.8) is 0 Å². The third-order valence-electron chi connectivity index (χ3n) is 3.24. The van der Waals surface area contributed by atoms with E-state index >= 15 is 0 Å². The fourth-order valence-corrected chi connectivity index (χ4v) is 3.15. The van der Waals surface area contributed by atoms with Gasteiger partial charge >= 0.3 is 0 Å². The van der Waals surface area contributed by atoms with Gasteiger partial charge in [0.15, 0.2) is 5.13 Å². The van der Waals surface area contributed by atoms with Crippen molar-refractivity contribution in [3.8, 4) is 0 Å². The number of hydrogen-bond acceptors (Lipinski definition) is 4. The number of nitrogens with one attached hydrogen (secondary N) is 1. The van der Waals surface area contributed by atoms with Crippen LogP contribution in [0.3, 0.4) is 0 Å². The summed E-state index contributed by atoms with van der Waals surface area (Å²) in [5, 5.41) is 5.28. The van der Waals surface area contributed by atoms with Crippen LogP contribution < -0.4 is 10.2 Å². The molecule has 1 aromatic heterocycles. The molecule has 5 heteroatoms. The van der Waals surface area contributed by atoms with Crippen LogP contribution in [0.5, 0.6) is 0 Å². The lowest BCUT2D eigenvalue weighted by Crippen LogP contribution is -2.21. The maximum atomic E-state index is 6.22. The Morgan fingerprint density at radius 3 is 2.71 bits per heavy atom. The third-order valence-corrected chi connectivity index (χ3v) is 4.88. The van der Waals surface area contributed by atoms with Gasteiger partial charge in [-0.3, -0.25) is 0 Å². The molecule has 0 aliphatic heterocycles. The van der Waals surface area contributed by atoms with E-state index in [1.54, 1.807) is 11.3 Å². The Kier molecular flexibility index (Phi) is 5.62. The molecule has 3 nitrogen and oxygen atoms in total. The Labute approximate surface area is 136 Å². The minimum atomic E-state index is 0.482. The summed E-state index contributed by atoms with van der Waals surface area (Å²) in [5.74, 6) is 0. The molecule has 0 bridgehead atoms. The van der Waals surface area contributed by atoms with Gasteiger partial charge in [-0.1, -0.05) is 43.6 Å². The molecule has 0 aliphatic rings. The zero-order chi connectivity index (χ0) is 15.4. The average Bonchev–Trinajstić information content (AvgIpc) is 2.80. The number of aromatic nitrogens is 1. The Balaban J connectivity index is 2.07. The van der Waals surface area contributed by atoms with Crippen LogP contribution in [0.25, 0.3) is 0 Å². The van der Waals surface area contributed by atoms with Crippen LogP contribution in [0, 0.1) is 6.92 Å². The van der Waals surface area contributed by atoms with E-state index in [4.69, 9.17) is 11.6 Å². The highest BCUT2D eigenvalue weighted by atomic mass is 35.5. The first-order valence-electron chi connectivity index (χ1n) is 7.11. The van der Waals surface area contributed by atoms with Gasteiger partial charge in [0.25, 0.3) is 0 Å². The summed E-state index contributed by atoms with van der Waals surface area (Å²) in [6.45, 7) is 8.02. The third kappa shape index (κ3) is 4.43. The maximum absolute atomic E-state index is 6.22. The van der Waals surface area contributed by atoms with Gasteiger partial charge in [0.2, 0.25) is 0 Å². The molecule has 1 heterocycles. The van der Waals surface area contributed by atoms with Crippen LogP contribution in [-0.2, 0) is 13.1 Å². The molecule has 1 N–H and O–H groups in total. The molecule has 0 atom stereocenters. The number of aryl methyl sites for hydroxylation is 1. The molecule has 2 aromatic rings. The van der Waals surface area contributed by atoms with Crippen molar-refractivity contribution in [2.45, 2.75) is 39.9 Å². The van der Waals surface area contributed by atoms with Crippen LogP contribution in [-0.4, -0.2) is 18.1 Å². The number of anilines is 1. The van der Waals surface area contributed by atoms with Crippen LogP contribution in [0.1, 0.15) is 30.0 Å². The molecule has 2 rings (SSSR count). The second-order valence-electron chi connectivity index (χ2n) is 5.49. The highest BCUT2D eigenvalue weighted by Crippen LogP contribution is 2.27. The Morgan fingerprint density at radius 2 is 2.05 bits per heavy atom. The normalized spacial score (nSPS) is 11.1. The lowest BCUT2D eigenvalue weighted by Gasteiger charge is -2.16. The maximum Gasteiger partial charge on any atom is 0.185 e. The van der Waals surface area contributed by atoms with Crippen molar-refractivity contribution >= 4 is 28.1 Å². The number of benzene rings is 1.